The molecule has 0 atom stereocenters. The van der Waals surface area contributed by atoms with Gasteiger partial charge < -0.3 is 29.4 Å². The van der Waals surface area contributed by atoms with Gasteiger partial charge in [-0.3, -0.25) is 9.11 Å². The van der Waals surface area contributed by atoms with Crippen LogP contribution in [0.1, 0.15) is 26.7 Å². The summed E-state index contributed by atoms with van der Waals surface area (Å²) in [6.07, 6.45) is 0.723. The predicted molar refractivity (Wildman–Crippen MR) is 141 cm³/mol. The molecule has 0 fully saturated rings. The molecule has 4 N–H and O–H groups in total. The number of quaternary nitrogens is 2. The molecule has 0 spiro atoms. The van der Waals surface area contributed by atoms with Crippen molar-refractivity contribution in [2.75, 3.05) is 79.1 Å². The molecule has 38 heavy (non-hydrogen) atoms. The minimum absolute atomic E-state index is 0. The SMILES string of the molecule is C=C(C)C(=O)OCC[N+](C)(C)CCCS(=O)(=O)O.C=C(C)C(=O)OCC[N+](C)(C)CCCS(=O)(=O)O.[OH-].[OH-]. The van der Waals surface area contributed by atoms with Crippen molar-refractivity contribution < 1.29 is 64.9 Å². The quantitative estimate of drug-likeness (QED) is 0.108. The van der Waals surface area contributed by atoms with E-state index in [0.29, 0.717) is 59.1 Å². The van der Waals surface area contributed by atoms with Gasteiger partial charge in [-0.05, 0) is 13.8 Å². The highest BCUT2D eigenvalue weighted by Gasteiger charge is 2.18. The van der Waals surface area contributed by atoms with Crippen LogP contribution in [-0.2, 0) is 39.3 Å². The normalized spacial score (nSPS) is 11.6. The van der Waals surface area contributed by atoms with E-state index in [-0.39, 0.29) is 35.7 Å². The van der Waals surface area contributed by atoms with E-state index in [1.54, 1.807) is 13.8 Å². The topological polar surface area (TPSA) is 221 Å². The molecule has 14 nitrogen and oxygen atoms in total. The largest absolute Gasteiger partial charge is 0.870 e. The molecule has 0 heterocycles. The zero-order valence-electron chi connectivity index (χ0n) is 23.3. The Morgan fingerprint density at radius 2 is 0.921 bits per heavy atom. The second kappa shape index (κ2) is 19.2. The van der Waals surface area contributed by atoms with Crippen LogP contribution in [0.2, 0.25) is 0 Å². The molecule has 0 aromatic heterocycles. The summed E-state index contributed by atoms with van der Waals surface area (Å²) in [6.45, 7) is 12.9. The lowest BCUT2D eigenvalue weighted by Gasteiger charge is -2.29. The molecular formula is C22H46N2O12S2. The summed E-state index contributed by atoms with van der Waals surface area (Å²) in [7, 11) is -0.192. The van der Waals surface area contributed by atoms with Crippen LogP contribution in [-0.4, -0.2) is 137 Å². The fourth-order valence-electron chi connectivity index (χ4n) is 2.59. The van der Waals surface area contributed by atoms with Gasteiger partial charge >= 0.3 is 11.9 Å². The number of hydrogen-bond donors (Lipinski definition) is 2. The monoisotopic (exact) mass is 594 g/mol. The van der Waals surface area contributed by atoms with Crippen LogP contribution in [0.5, 0.6) is 0 Å². The van der Waals surface area contributed by atoms with E-state index in [0.717, 1.165) is 0 Å². The van der Waals surface area contributed by atoms with E-state index in [1.165, 1.54) is 0 Å². The Labute approximate surface area is 227 Å². The minimum atomic E-state index is -3.90. The number of likely N-dealkylation sites (N-methyl/N-ethyl adjacent to an activating group) is 2. The second-order valence-corrected chi connectivity index (χ2v) is 13.0. The number of carbonyl (C=O) groups excluding carboxylic acids is 2. The highest BCUT2D eigenvalue weighted by molar-refractivity contribution is 7.86. The van der Waals surface area contributed by atoms with Gasteiger partial charge in [0.1, 0.15) is 26.3 Å². The van der Waals surface area contributed by atoms with Crippen LogP contribution in [0.25, 0.3) is 0 Å². The highest BCUT2D eigenvalue weighted by atomic mass is 32.2. The van der Waals surface area contributed by atoms with Gasteiger partial charge in [0.15, 0.2) is 0 Å². The van der Waals surface area contributed by atoms with Crippen LogP contribution < -0.4 is 0 Å². The Kier molecular flexibility index (Phi) is 21.8. The lowest BCUT2D eigenvalue weighted by Crippen LogP contribution is -2.43. The lowest BCUT2D eigenvalue weighted by molar-refractivity contribution is -0.890. The third-order valence-corrected chi connectivity index (χ3v) is 6.50. The fourth-order valence-corrected chi connectivity index (χ4v) is 3.58. The van der Waals surface area contributed by atoms with Gasteiger partial charge in [0.25, 0.3) is 20.2 Å². The summed E-state index contributed by atoms with van der Waals surface area (Å²) in [6, 6.07) is 0. The van der Waals surface area contributed by atoms with Crippen molar-refractivity contribution in [2.24, 2.45) is 0 Å². The summed E-state index contributed by atoms with van der Waals surface area (Å²) >= 11 is 0. The van der Waals surface area contributed by atoms with E-state index < -0.39 is 32.2 Å². The second-order valence-electron chi connectivity index (χ2n) is 9.88. The van der Waals surface area contributed by atoms with Crippen molar-refractivity contribution >= 4 is 32.2 Å². The number of ether oxygens (including phenoxy) is 2. The van der Waals surface area contributed by atoms with E-state index in [4.69, 9.17) is 18.6 Å². The van der Waals surface area contributed by atoms with E-state index in [9.17, 15) is 26.4 Å². The molecule has 0 aliphatic heterocycles. The minimum Gasteiger partial charge on any atom is -0.870 e. The number of nitrogens with zero attached hydrogens (tertiary/aromatic N) is 2. The molecule has 16 heteroatoms. The van der Waals surface area contributed by atoms with E-state index >= 15 is 0 Å². The summed E-state index contributed by atoms with van der Waals surface area (Å²) in [5, 5.41) is 0. The van der Waals surface area contributed by atoms with Crippen molar-refractivity contribution in [2.45, 2.75) is 26.7 Å². The first-order chi connectivity index (χ1) is 16.1. The Morgan fingerprint density at radius 1 is 0.658 bits per heavy atom. The maximum atomic E-state index is 11.1. The average molecular weight is 595 g/mol. The van der Waals surface area contributed by atoms with E-state index in [2.05, 4.69) is 13.2 Å². The maximum absolute atomic E-state index is 11.1. The Hall–Kier alpha value is -1.92. The van der Waals surface area contributed by atoms with Crippen molar-refractivity contribution in [3.63, 3.8) is 0 Å². The van der Waals surface area contributed by atoms with E-state index in [1.807, 2.05) is 28.2 Å². The summed E-state index contributed by atoms with van der Waals surface area (Å²) in [4.78, 5) is 22.3. The van der Waals surface area contributed by atoms with Crippen LogP contribution in [0.4, 0.5) is 0 Å². The van der Waals surface area contributed by atoms with Gasteiger partial charge in [0.2, 0.25) is 0 Å². The molecule has 0 aliphatic rings. The molecule has 0 aliphatic carbocycles. The Balaban J connectivity index is -0.000000289. The van der Waals surface area contributed by atoms with Crippen LogP contribution in [0, 0.1) is 0 Å². The van der Waals surface area contributed by atoms with Gasteiger partial charge in [-0.1, -0.05) is 13.2 Å². The fraction of sp³-hybridized carbons (Fsp3) is 0.727. The lowest BCUT2D eigenvalue weighted by atomic mass is 10.3. The standard InChI is InChI=1S/2C11H21NO5S.2H2O/c2*1-10(2)11(13)17-8-7-12(3,4)6-5-9-18(14,15)16;;/h2*1,5-9H2,2-4H3;2*1H2. The molecule has 0 rings (SSSR count). The van der Waals surface area contributed by atoms with Crippen molar-refractivity contribution in [3.05, 3.63) is 24.3 Å². The zero-order chi connectivity index (χ0) is 28.8. The van der Waals surface area contributed by atoms with Gasteiger partial charge in [-0.2, -0.15) is 16.8 Å². The van der Waals surface area contributed by atoms with Gasteiger partial charge in [-0.25, -0.2) is 9.59 Å². The molecule has 0 saturated heterocycles. The van der Waals surface area contributed by atoms with Crippen molar-refractivity contribution in [1.82, 2.24) is 0 Å². The first kappa shape index (κ1) is 43.1. The summed E-state index contributed by atoms with van der Waals surface area (Å²) in [5.41, 5.74) is 0.707. The average Bonchev–Trinajstić information content (AvgIpc) is 2.65. The summed E-state index contributed by atoms with van der Waals surface area (Å²) in [5.74, 6) is -1.35. The van der Waals surface area contributed by atoms with Gasteiger partial charge in [0, 0.05) is 24.0 Å². The molecule has 0 aromatic carbocycles. The third-order valence-electron chi connectivity index (χ3n) is 4.89. The predicted octanol–water partition coefficient (Wildman–Crippen LogP) is 0.566. The molecule has 228 valence electrons. The van der Waals surface area contributed by atoms with Crippen molar-refractivity contribution in [1.29, 1.82) is 0 Å². The third kappa shape index (κ3) is 28.6. The molecule has 0 saturated carbocycles. The van der Waals surface area contributed by atoms with Crippen LogP contribution >= 0.6 is 0 Å². The highest BCUT2D eigenvalue weighted by Crippen LogP contribution is 2.03. The first-order valence-electron chi connectivity index (χ1n) is 11.3. The first-order valence-corrected chi connectivity index (χ1v) is 14.5. The number of hydrogen-bond acceptors (Lipinski definition) is 10. The molecule has 0 radical (unpaired) electrons. The molecule has 0 amide bonds. The van der Waals surface area contributed by atoms with Crippen molar-refractivity contribution in [3.8, 4) is 0 Å². The number of carbonyl (C=O) groups is 2. The smallest absolute Gasteiger partial charge is 0.333 e. The Morgan fingerprint density at radius 3 is 1.13 bits per heavy atom. The van der Waals surface area contributed by atoms with Gasteiger partial charge in [-0.15, -0.1) is 0 Å². The summed E-state index contributed by atoms with van der Waals surface area (Å²) < 4.78 is 70.4. The molecular weight excluding hydrogens is 548 g/mol. The van der Waals surface area contributed by atoms with Gasteiger partial charge in [0.05, 0.1) is 52.8 Å². The molecule has 0 aromatic rings. The molecule has 0 unspecified atom stereocenters. The Bertz CT molecular complexity index is 881. The van der Waals surface area contributed by atoms with Crippen LogP contribution in [0.15, 0.2) is 24.3 Å². The van der Waals surface area contributed by atoms with Crippen LogP contribution in [0.3, 0.4) is 0 Å². The maximum Gasteiger partial charge on any atom is 0.333 e. The number of esters is 2. The number of rotatable bonds is 16. The molecule has 0 bridgehead atoms. The zero-order valence-corrected chi connectivity index (χ0v) is 24.9.